The zero-order valence-electron chi connectivity index (χ0n) is 23.6. The number of amides is 1. The van der Waals surface area contributed by atoms with E-state index in [9.17, 15) is 14.7 Å². The van der Waals surface area contributed by atoms with Crippen molar-refractivity contribution >= 4 is 34.8 Å². The molecule has 13 heteroatoms. The molecule has 0 bridgehead atoms. The second-order valence-electron chi connectivity index (χ2n) is 10.7. The first-order valence-electron chi connectivity index (χ1n) is 14.2. The summed E-state index contributed by atoms with van der Waals surface area (Å²) in [6.45, 7) is 0. The maximum atomic E-state index is 13.5. The number of fused-ring (bicyclic) bond motifs is 3. The predicted octanol–water partition coefficient (Wildman–Crippen LogP) is 2.69. The first kappa shape index (κ1) is 26.3. The number of pyridine rings is 3. The lowest BCUT2D eigenvalue weighted by Gasteiger charge is -2.16. The largest absolute Gasteiger partial charge is 0.515 e. The number of aromatic nitrogens is 8. The van der Waals surface area contributed by atoms with Crippen LogP contribution in [0.1, 0.15) is 34.1 Å². The van der Waals surface area contributed by atoms with Gasteiger partial charge in [-0.2, -0.15) is 5.10 Å². The summed E-state index contributed by atoms with van der Waals surface area (Å²) in [5.74, 6) is 1.21. The monoisotopic (exact) mass is 596 g/mol. The lowest BCUT2D eigenvalue weighted by atomic mass is 10.1. The molecule has 45 heavy (non-hydrogen) atoms. The lowest BCUT2D eigenvalue weighted by Crippen LogP contribution is -2.34. The second kappa shape index (κ2) is 10.1. The van der Waals surface area contributed by atoms with Gasteiger partial charge in [0.1, 0.15) is 17.0 Å². The van der Waals surface area contributed by atoms with Crippen LogP contribution >= 0.6 is 0 Å². The van der Waals surface area contributed by atoms with Gasteiger partial charge < -0.3 is 16.2 Å². The van der Waals surface area contributed by atoms with Gasteiger partial charge in [0.05, 0.1) is 23.1 Å². The summed E-state index contributed by atoms with van der Waals surface area (Å²) in [5.41, 5.74) is 11.0. The molecule has 0 aliphatic heterocycles. The number of anilines is 1. The summed E-state index contributed by atoms with van der Waals surface area (Å²) in [7, 11) is 0. The molecule has 0 spiro atoms. The highest BCUT2D eigenvalue weighted by atomic mass is 16.2. The summed E-state index contributed by atoms with van der Waals surface area (Å²) in [6, 6.07) is 16.5. The third-order valence-corrected chi connectivity index (χ3v) is 8.11. The number of carbonyl (C=O) groups excluding carboxylic acids is 1. The van der Waals surface area contributed by atoms with E-state index in [1.807, 2.05) is 53.2 Å². The number of nitrogens with zero attached hydrogens (tertiary/aromatic N) is 8. The Morgan fingerprint density at radius 1 is 1.00 bits per heavy atom. The average molecular weight is 597 g/mol. The van der Waals surface area contributed by atoms with Gasteiger partial charge in [0.25, 0.3) is 5.91 Å². The van der Waals surface area contributed by atoms with E-state index < -0.39 is 5.43 Å². The van der Waals surface area contributed by atoms with Gasteiger partial charge in [-0.3, -0.25) is 18.6 Å². The van der Waals surface area contributed by atoms with Crippen LogP contribution in [-0.4, -0.2) is 49.7 Å². The Kier molecular flexibility index (Phi) is 5.91. The van der Waals surface area contributed by atoms with E-state index in [1.54, 1.807) is 23.3 Å². The number of rotatable bonds is 5. The van der Waals surface area contributed by atoms with Crippen molar-refractivity contribution in [2.24, 2.45) is 0 Å². The fourth-order valence-corrected chi connectivity index (χ4v) is 5.98. The van der Waals surface area contributed by atoms with Crippen molar-refractivity contribution in [3.05, 3.63) is 118 Å². The SMILES string of the molecule is Nc1ncccc1-c1nc2ccc(-n3cccn3)nc2n1-c1ccc2c(c1)CC[C@@H]2NC(=O)c1c/c(=C\O)c(=O)c2nccn12. The highest BCUT2D eigenvalue weighted by molar-refractivity contribution is 5.93. The maximum absolute atomic E-state index is 13.5. The van der Waals surface area contributed by atoms with Gasteiger partial charge in [-0.15, -0.1) is 0 Å². The molecule has 4 N–H and O–H groups in total. The van der Waals surface area contributed by atoms with Crippen LogP contribution in [0, 0.1) is 0 Å². The summed E-state index contributed by atoms with van der Waals surface area (Å²) in [5, 5.41) is 17.0. The predicted molar refractivity (Wildman–Crippen MR) is 166 cm³/mol. The summed E-state index contributed by atoms with van der Waals surface area (Å²) in [6.07, 6.45) is 10.3. The van der Waals surface area contributed by atoms with Crippen LogP contribution < -0.4 is 21.7 Å². The number of imidazole rings is 2. The Bertz CT molecular complexity index is 2390. The molecule has 8 rings (SSSR count). The van der Waals surface area contributed by atoms with Gasteiger partial charge in [0.15, 0.2) is 22.9 Å². The standard InChI is InChI=1S/C32H24N10O3/c33-28-22(3-1-10-34-28)29-37-24-8-9-26(41-13-2-11-36-41)39-30(24)42(29)20-5-6-21-18(15-20)4-7-23(21)38-32(45)25-16-19(17-43)27(44)31-35-12-14-40(25)31/h1-3,5-6,8-17,23,43H,4,7H2,(H2,33,34)(H,38,45)/b19-17+/t23-/m0/s1. The zero-order valence-corrected chi connectivity index (χ0v) is 23.6. The number of hydrogen-bond acceptors (Lipinski definition) is 9. The van der Waals surface area contributed by atoms with Crippen molar-refractivity contribution in [3.8, 4) is 22.9 Å². The van der Waals surface area contributed by atoms with Crippen LogP contribution in [0.2, 0.25) is 0 Å². The smallest absolute Gasteiger partial charge is 0.268 e. The molecule has 220 valence electrons. The molecule has 1 amide bonds. The molecule has 1 aliphatic carbocycles. The van der Waals surface area contributed by atoms with Crippen molar-refractivity contribution < 1.29 is 9.90 Å². The number of hydrogen-bond donors (Lipinski definition) is 3. The highest BCUT2D eigenvalue weighted by Gasteiger charge is 2.27. The number of nitrogens with one attached hydrogen (secondary N) is 1. The van der Waals surface area contributed by atoms with E-state index in [1.165, 1.54) is 16.7 Å². The number of aryl methyl sites for hydroxylation is 1. The number of aliphatic hydroxyl groups excluding tert-OH is 1. The quantitative estimate of drug-likeness (QED) is 0.270. The van der Waals surface area contributed by atoms with E-state index in [0.29, 0.717) is 46.9 Å². The Morgan fingerprint density at radius 3 is 2.73 bits per heavy atom. The molecule has 1 aliphatic rings. The van der Waals surface area contributed by atoms with Crippen molar-refractivity contribution in [3.63, 3.8) is 0 Å². The van der Waals surface area contributed by atoms with E-state index in [-0.39, 0.29) is 28.5 Å². The van der Waals surface area contributed by atoms with Crippen molar-refractivity contribution in [2.75, 3.05) is 5.73 Å². The van der Waals surface area contributed by atoms with E-state index in [0.717, 1.165) is 23.2 Å². The van der Waals surface area contributed by atoms with Gasteiger partial charge >= 0.3 is 0 Å². The third-order valence-electron chi connectivity index (χ3n) is 8.11. The Balaban J connectivity index is 1.20. The number of benzene rings is 1. The molecule has 0 fully saturated rings. The maximum Gasteiger partial charge on any atom is 0.268 e. The fraction of sp³-hybridized carbons (Fsp3) is 0.0938. The summed E-state index contributed by atoms with van der Waals surface area (Å²) < 4.78 is 5.09. The Labute approximate surface area is 254 Å². The molecule has 0 saturated heterocycles. The number of nitrogen functional groups attached to an aromatic ring is 1. The Hall–Kier alpha value is -6.37. The number of nitrogens with two attached hydrogens (primary N) is 1. The van der Waals surface area contributed by atoms with Gasteiger partial charge in [-0.25, -0.2) is 24.6 Å². The zero-order chi connectivity index (χ0) is 30.7. The van der Waals surface area contributed by atoms with Gasteiger partial charge in [0, 0.05) is 36.7 Å². The minimum atomic E-state index is -0.455. The second-order valence-corrected chi connectivity index (χ2v) is 10.7. The van der Waals surface area contributed by atoms with Crippen LogP contribution in [-0.2, 0) is 6.42 Å². The molecule has 0 unspecified atom stereocenters. The molecule has 6 heterocycles. The van der Waals surface area contributed by atoms with E-state index in [2.05, 4.69) is 26.4 Å². The minimum absolute atomic E-state index is 0.00254. The first-order chi connectivity index (χ1) is 22.0. The van der Waals surface area contributed by atoms with Crippen LogP contribution in [0.15, 0.2) is 90.4 Å². The van der Waals surface area contributed by atoms with Crippen molar-refractivity contribution in [1.82, 2.24) is 44.0 Å². The van der Waals surface area contributed by atoms with E-state index >= 15 is 0 Å². The summed E-state index contributed by atoms with van der Waals surface area (Å²) in [4.78, 5) is 44.1. The van der Waals surface area contributed by atoms with Crippen LogP contribution in [0.3, 0.4) is 0 Å². The third kappa shape index (κ3) is 4.20. The minimum Gasteiger partial charge on any atom is -0.515 e. The van der Waals surface area contributed by atoms with Gasteiger partial charge in [0.2, 0.25) is 5.43 Å². The topological polar surface area (TPSA) is 171 Å². The fourth-order valence-electron chi connectivity index (χ4n) is 5.98. The molecule has 6 aromatic heterocycles. The van der Waals surface area contributed by atoms with Crippen molar-refractivity contribution in [1.29, 1.82) is 0 Å². The normalized spacial score (nSPS) is 14.8. The Morgan fingerprint density at radius 2 is 1.91 bits per heavy atom. The highest BCUT2D eigenvalue weighted by Crippen LogP contribution is 2.36. The van der Waals surface area contributed by atoms with E-state index in [4.69, 9.17) is 15.7 Å². The molecular weight excluding hydrogens is 572 g/mol. The summed E-state index contributed by atoms with van der Waals surface area (Å²) >= 11 is 0. The molecular formula is C32H24N10O3. The average Bonchev–Trinajstić information content (AvgIpc) is 3.87. The van der Waals surface area contributed by atoms with Crippen molar-refractivity contribution in [2.45, 2.75) is 18.9 Å². The number of carbonyl (C=O) groups is 1. The first-order valence-corrected chi connectivity index (χ1v) is 14.2. The molecule has 13 nitrogen and oxygen atoms in total. The molecule has 7 aromatic rings. The molecule has 0 radical (unpaired) electrons. The van der Waals surface area contributed by atoms with Crippen LogP contribution in [0.5, 0.6) is 0 Å². The molecule has 1 aromatic carbocycles. The van der Waals surface area contributed by atoms with Gasteiger partial charge in [-0.1, -0.05) is 6.07 Å². The van der Waals surface area contributed by atoms with Crippen LogP contribution in [0.4, 0.5) is 5.82 Å². The van der Waals surface area contributed by atoms with Gasteiger partial charge in [-0.05, 0) is 72.5 Å². The molecule has 1 atom stereocenters. The van der Waals surface area contributed by atoms with Crippen LogP contribution in [0.25, 0.3) is 46.0 Å². The lowest BCUT2D eigenvalue weighted by molar-refractivity contribution is 0.0930. The molecule has 0 saturated carbocycles. The number of aliphatic hydroxyl groups is 1.